The Kier molecular flexibility index (Phi) is 5.66. The Hall–Kier alpha value is -3.11. The van der Waals surface area contributed by atoms with Crippen LogP contribution in [0.2, 0.25) is 0 Å². The Morgan fingerprint density at radius 3 is 2.19 bits per heavy atom. The van der Waals surface area contributed by atoms with Crippen molar-refractivity contribution in [2.75, 3.05) is 6.61 Å². The summed E-state index contributed by atoms with van der Waals surface area (Å²) >= 11 is 0. The summed E-state index contributed by atoms with van der Waals surface area (Å²) < 4.78 is 5.70. The molecule has 0 fully saturated rings. The van der Waals surface area contributed by atoms with Gasteiger partial charge in [0.1, 0.15) is 5.75 Å². The summed E-state index contributed by atoms with van der Waals surface area (Å²) in [6, 6.07) is 25.0. The largest absolute Gasteiger partial charge is 0.493 e. The van der Waals surface area contributed by atoms with Gasteiger partial charge in [0.2, 0.25) is 0 Å². The molecule has 0 bridgehead atoms. The first-order valence-electron chi connectivity index (χ1n) is 8.55. The van der Waals surface area contributed by atoms with Crippen molar-refractivity contribution in [1.29, 1.82) is 0 Å². The number of carbonyl (C=O) groups excluding carboxylic acids is 1. The van der Waals surface area contributed by atoms with Crippen LogP contribution in [0.1, 0.15) is 24.0 Å². The Morgan fingerprint density at radius 1 is 0.923 bits per heavy atom. The summed E-state index contributed by atoms with van der Waals surface area (Å²) in [6.45, 7) is 2.56. The molecule has 4 heteroatoms. The fraction of sp³-hybridized carbons (Fsp3) is 0.136. The fourth-order valence-corrected chi connectivity index (χ4v) is 3.05. The lowest BCUT2D eigenvalue weighted by molar-refractivity contribution is -0.129. The molecular formula is C22H21NO3. The number of rotatable bonds is 6. The summed E-state index contributed by atoms with van der Waals surface area (Å²) in [4.78, 5) is 12.2. The molecule has 3 rings (SSSR count). The normalized spacial score (nSPS) is 11.6. The van der Waals surface area contributed by atoms with Gasteiger partial charge in [-0.15, -0.1) is 0 Å². The van der Waals surface area contributed by atoms with Gasteiger partial charge in [-0.3, -0.25) is 10.0 Å². The summed E-state index contributed by atoms with van der Waals surface area (Å²) in [5.74, 6) is -0.202. The second-order valence-electron chi connectivity index (χ2n) is 5.87. The van der Waals surface area contributed by atoms with E-state index in [2.05, 4.69) is 0 Å². The molecule has 2 N–H and O–H groups in total. The lowest BCUT2D eigenvalue weighted by atomic mass is 9.89. The second-order valence-corrected chi connectivity index (χ2v) is 5.87. The van der Waals surface area contributed by atoms with Gasteiger partial charge in [-0.1, -0.05) is 72.8 Å². The number of hydrogen-bond donors (Lipinski definition) is 2. The van der Waals surface area contributed by atoms with Crippen molar-refractivity contribution >= 4 is 5.91 Å². The third kappa shape index (κ3) is 3.76. The number of para-hydroxylation sites is 1. The van der Waals surface area contributed by atoms with Crippen LogP contribution in [-0.2, 0) is 4.79 Å². The van der Waals surface area contributed by atoms with Gasteiger partial charge < -0.3 is 4.74 Å². The highest BCUT2D eigenvalue weighted by Gasteiger charge is 2.22. The maximum absolute atomic E-state index is 12.2. The van der Waals surface area contributed by atoms with Crippen LogP contribution in [0.3, 0.4) is 0 Å². The molecule has 132 valence electrons. The molecule has 0 aliphatic heterocycles. The third-order valence-electron chi connectivity index (χ3n) is 4.25. The molecule has 4 nitrogen and oxygen atoms in total. The minimum Gasteiger partial charge on any atom is -0.493 e. The molecule has 1 atom stereocenters. The predicted molar refractivity (Wildman–Crippen MR) is 101 cm³/mol. The van der Waals surface area contributed by atoms with E-state index in [1.54, 1.807) is 5.48 Å². The van der Waals surface area contributed by atoms with Crippen molar-refractivity contribution < 1.29 is 14.7 Å². The van der Waals surface area contributed by atoms with Gasteiger partial charge in [-0.25, -0.2) is 5.48 Å². The molecule has 0 saturated heterocycles. The van der Waals surface area contributed by atoms with Crippen LogP contribution >= 0.6 is 0 Å². The third-order valence-corrected chi connectivity index (χ3v) is 4.25. The quantitative estimate of drug-likeness (QED) is 0.513. The van der Waals surface area contributed by atoms with Gasteiger partial charge >= 0.3 is 0 Å². The van der Waals surface area contributed by atoms with E-state index >= 15 is 0 Å². The van der Waals surface area contributed by atoms with E-state index < -0.39 is 11.8 Å². The molecule has 26 heavy (non-hydrogen) atoms. The first kappa shape index (κ1) is 17.7. The van der Waals surface area contributed by atoms with Gasteiger partial charge in [0.15, 0.2) is 0 Å². The van der Waals surface area contributed by atoms with Gasteiger partial charge in [-0.05, 0) is 29.7 Å². The lowest BCUT2D eigenvalue weighted by Gasteiger charge is -2.17. The Bertz CT molecular complexity index is 860. The first-order valence-corrected chi connectivity index (χ1v) is 8.55. The molecule has 1 unspecified atom stereocenters. The zero-order valence-corrected chi connectivity index (χ0v) is 14.6. The standard InChI is InChI=1S/C22H21NO3/c1-2-26-20-11-7-6-10-19(20)16-12-14-18(15-13-16)21(22(24)23-25)17-8-4-3-5-9-17/h3-15,21,25H,2H2,1H3,(H,23,24). The Morgan fingerprint density at radius 2 is 1.54 bits per heavy atom. The lowest BCUT2D eigenvalue weighted by Crippen LogP contribution is -2.27. The zero-order valence-electron chi connectivity index (χ0n) is 14.6. The maximum atomic E-state index is 12.2. The molecule has 1 amide bonds. The van der Waals surface area contributed by atoms with E-state index in [0.717, 1.165) is 28.0 Å². The van der Waals surface area contributed by atoms with Crippen molar-refractivity contribution in [2.45, 2.75) is 12.8 Å². The number of benzene rings is 3. The van der Waals surface area contributed by atoms with Crippen LogP contribution < -0.4 is 10.2 Å². The summed E-state index contributed by atoms with van der Waals surface area (Å²) in [5, 5.41) is 9.14. The average molecular weight is 347 g/mol. The Balaban J connectivity index is 1.97. The first-order chi connectivity index (χ1) is 12.7. The summed E-state index contributed by atoms with van der Waals surface area (Å²) in [5.41, 5.74) is 5.41. The molecule has 0 aliphatic rings. The monoisotopic (exact) mass is 347 g/mol. The molecule has 0 saturated carbocycles. The molecule has 3 aromatic rings. The number of nitrogens with one attached hydrogen (secondary N) is 1. The van der Waals surface area contributed by atoms with Crippen LogP contribution in [-0.4, -0.2) is 17.7 Å². The van der Waals surface area contributed by atoms with Crippen molar-refractivity contribution in [3.63, 3.8) is 0 Å². The highest BCUT2D eigenvalue weighted by atomic mass is 16.5. The van der Waals surface area contributed by atoms with E-state index in [0.29, 0.717) is 6.61 Å². The van der Waals surface area contributed by atoms with Gasteiger partial charge in [-0.2, -0.15) is 0 Å². The number of carbonyl (C=O) groups is 1. The molecule has 0 aromatic heterocycles. The number of ether oxygens (including phenoxy) is 1. The van der Waals surface area contributed by atoms with Crippen molar-refractivity contribution in [1.82, 2.24) is 5.48 Å². The highest BCUT2D eigenvalue weighted by Crippen LogP contribution is 2.32. The fourth-order valence-electron chi connectivity index (χ4n) is 3.05. The molecular weight excluding hydrogens is 326 g/mol. The van der Waals surface area contributed by atoms with Crippen LogP contribution in [0.25, 0.3) is 11.1 Å². The average Bonchev–Trinajstić information content (AvgIpc) is 2.70. The van der Waals surface area contributed by atoms with E-state index in [9.17, 15) is 4.79 Å². The SMILES string of the molecule is CCOc1ccccc1-c1ccc(C(C(=O)NO)c2ccccc2)cc1. The van der Waals surface area contributed by atoms with Crippen LogP contribution in [0.5, 0.6) is 5.75 Å². The topological polar surface area (TPSA) is 58.6 Å². The van der Waals surface area contributed by atoms with Crippen molar-refractivity contribution in [2.24, 2.45) is 0 Å². The predicted octanol–water partition coefficient (Wildman–Crippen LogP) is 4.39. The van der Waals surface area contributed by atoms with E-state index in [1.807, 2.05) is 85.8 Å². The Labute approximate surface area is 153 Å². The number of hydrogen-bond acceptors (Lipinski definition) is 3. The number of amides is 1. The molecule has 0 radical (unpaired) electrons. The maximum Gasteiger partial charge on any atom is 0.255 e. The molecule has 0 spiro atoms. The second kappa shape index (κ2) is 8.32. The van der Waals surface area contributed by atoms with E-state index in [-0.39, 0.29) is 0 Å². The van der Waals surface area contributed by atoms with Crippen molar-refractivity contribution in [3.8, 4) is 16.9 Å². The molecule has 3 aromatic carbocycles. The van der Waals surface area contributed by atoms with Crippen LogP contribution in [0.15, 0.2) is 78.9 Å². The minimum absolute atomic E-state index is 0.460. The van der Waals surface area contributed by atoms with Gasteiger partial charge in [0, 0.05) is 5.56 Å². The highest BCUT2D eigenvalue weighted by molar-refractivity contribution is 5.86. The van der Waals surface area contributed by atoms with Gasteiger partial charge in [0.25, 0.3) is 5.91 Å². The van der Waals surface area contributed by atoms with Crippen LogP contribution in [0, 0.1) is 0 Å². The summed E-state index contributed by atoms with van der Waals surface area (Å²) in [7, 11) is 0. The van der Waals surface area contributed by atoms with E-state index in [1.165, 1.54) is 0 Å². The minimum atomic E-state index is -0.572. The van der Waals surface area contributed by atoms with Gasteiger partial charge in [0.05, 0.1) is 12.5 Å². The summed E-state index contributed by atoms with van der Waals surface area (Å²) in [6.07, 6.45) is 0. The molecule has 0 aliphatic carbocycles. The smallest absolute Gasteiger partial charge is 0.255 e. The van der Waals surface area contributed by atoms with Crippen molar-refractivity contribution in [3.05, 3.63) is 90.0 Å². The van der Waals surface area contributed by atoms with Crippen LogP contribution in [0.4, 0.5) is 0 Å². The number of hydroxylamine groups is 1. The zero-order chi connectivity index (χ0) is 18.4. The van der Waals surface area contributed by atoms with E-state index in [4.69, 9.17) is 9.94 Å². The molecule has 0 heterocycles.